The minimum atomic E-state index is -3.33. The van der Waals surface area contributed by atoms with Crippen LogP contribution in [0.4, 0.5) is 0 Å². The Morgan fingerprint density at radius 3 is 2.42 bits per heavy atom. The molecule has 1 saturated heterocycles. The number of carbonyl (C=O) groups is 2. The summed E-state index contributed by atoms with van der Waals surface area (Å²) in [6, 6.07) is 5.07. The van der Waals surface area contributed by atoms with Crippen LogP contribution in [0.1, 0.15) is 55.8 Å². The molecule has 1 saturated carbocycles. The van der Waals surface area contributed by atoms with Gasteiger partial charge in [-0.1, -0.05) is 19.8 Å². The lowest BCUT2D eigenvalue weighted by Crippen LogP contribution is -2.46. The van der Waals surface area contributed by atoms with Gasteiger partial charge in [0, 0.05) is 11.6 Å². The van der Waals surface area contributed by atoms with Crippen molar-refractivity contribution in [2.24, 2.45) is 5.92 Å². The largest absolute Gasteiger partial charge is 0.480 e. The summed E-state index contributed by atoms with van der Waals surface area (Å²) >= 11 is 0. The molecule has 1 N–H and O–H groups in total. The van der Waals surface area contributed by atoms with Crippen molar-refractivity contribution >= 4 is 21.7 Å². The number of carboxylic acid groups (broad SMARTS) is 1. The monoisotopic (exact) mass is 379 g/mol. The van der Waals surface area contributed by atoms with Crippen molar-refractivity contribution in [1.82, 2.24) is 4.90 Å². The molecule has 0 spiro atoms. The van der Waals surface area contributed by atoms with Crippen LogP contribution in [-0.4, -0.2) is 48.1 Å². The number of rotatable bonds is 5. The molecule has 1 aromatic rings. The van der Waals surface area contributed by atoms with Crippen molar-refractivity contribution in [3.63, 3.8) is 0 Å². The van der Waals surface area contributed by atoms with E-state index in [4.69, 9.17) is 0 Å². The van der Waals surface area contributed by atoms with Crippen LogP contribution in [0.25, 0.3) is 0 Å². The first-order chi connectivity index (χ1) is 12.3. The number of carboxylic acids is 1. The summed E-state index contributed by atoms with van der Waals surface area (Å²) in [6.45, 7) is 1.80. The second-order valence-corrected chi connectivity index (χ2v) is 9.37. The maximum Gasteiger partial charge on any atom is 0.326 e. The minimum absolute atomic E-state index is 0.0270. The standard InChI is InChI=1S/C19H25NO5S/c1-2-11-26(24,25)15-9-7-13(8-10-15)18(21)20-16-6-4-3-5-14(16)12-17(20)19(22)23/h7-10,14,16-17H,2-6,11-12H2,1H3,(H,22,23)/t14-,16+,17+/m1/s1. The molecule has 1 amide bonds. The number of benzene rings is 1. The number of hydrogen-bond donors (Lipinski definition) is 1. The van der Waals surface area contributed by atoms with Crippen molar-refractivity contribution in [1.29, 1.82) is 0 Å². The predicted octanol–water partition coefficient (Wildman–Crippen LogP) is 2.73. The first kappa shape index (κ1) is 18.9. The Morgan fingerprint density at radius 2 is 1.81 bits per heavy atom. The van der Waals surface area contributed by atoms with Crippen molar-refractivity contribution in [3.05, 3.63) is 29.8 Å². The highest BCUT2D eigenvalue weighted by molar-refractivity contribution is 7.91. The zero-order valence-corrected chi connectivity index (χ0v) is 15.7. The van der Waals surface area contributed by atoms with Crippen LogP contribution in [0.5, 0.6) is 0 Å². The van der Waals surface area contributed by atoms with Gasteiger partial charge in [-0.3, -0.25) is 4.79 Å². The lowest BCUT2D eigenvalue weighted by molar-refractivity contribution is -0.141. The quantitative estimate of drug-likeness (QED) is 0.849. The Labute approximate surface area is 154 Å². The molecule has 1 aliphatic heterocycles. The molecule has 2 fully saturated rings. The average Bonchev–Trinajstić information content (AvgIpc) is 3.01. The molecule has 6 nitrogen and oxygen atoms in total. The van der Waals surface area contributed by atoms with Crippen LogP contribution >= 0.6 is 0 Å². The number of nitrogens with zero attached hydrogens (tertiary/aromatic N) is 1. The van der Waals surface area contributed by atoms with Gasteiger partial charge in [-0.05, 0) is 55.9 Å². The van der Waals surface area contributed by atoms with Crippen LogP contribution in [0.2, 0.25) is 0 Å². The Kier molecular flexibility index (Phi) is 5.37. The molecular formula is C19H25NO5S. The molecule has 3 rings (SSSR count). The molecule has 0 radical (unpaired) electrons. The van der Waals surface area contributed by atoms with Gasteiger partial charge in [0.25, 0.3) is 5.91 Å². The van der Waals surface area contributed by atoms with E-state index in [-0.39, 0.29) is 28.5 Å². The fourth-order valence-corrected chi connectivity index (χ4v) is 5.64. The van der Waals surface area contributed by atoms with Gasteiger partial charge in [0.15, 0.2) is 9.84 Å². The molecule has 7 heteroatoms. The zero-order chi connectivity index (χ0) is 18.9. The summed E-state index contributed by atoms with van der Waals surface area (Å²) in [5.41, 5.74) is 0.345. The molecule has 0 aromatic heterocycles. The van der Waals surface area contributed by atoms with Crippen LogP contribution in [0, 0.1) is 5.92 Å². The Morgan fingerprint density at radius 1 is 1.15 bits per heavy atom. The number of sulfone groups is 1. The maximum atomic E-state index is 13.0. The third kappa shape index (κ3) is 3.49. The van der Waals surface area contributed by atoms with Crippen molar-refractivity contribution in [2.75, 3.05) is 5.75 Å². The zero-order valence-electron chi connectivity index (χ0n) is 14.9. The van der Waals surface area contributed by atoms with Crippen LogP contribution in [0.3, 0.4) is 0 Å². The average molecular weight is 379 g/mol. The van der Waals surface area contributed by atoms with E-state index >= 15 is 0 Å². The Balaban J connectivity index is 1.86. The van der Waals surface area contributed by atoms with Gasteiger partial charge in [0.05, 0.1) is 10.6 Å². The van der Waals surface area contributed by atoms with Crippen LogP contribution < -0.4 is 0 Å². The van der Waals surface area contributed by atoms with E-state index in [2.05, 4.69) is 0 Å². The minimum Gasteiger partial charge on any atom is -0.480 e. The van der Waals surface area contributed by atoms with Crippen molar-refractivity contribution in [3.8, 4) is 0 Å². The van der Waals surface area contributed by atoms with E-state index in [9.17, 15) is 23.1 Å². The van der Waals surface area contributed by atoms with E-state index in [0.717, 1.165) is 25.7 Å². The number of fused-ring (bicyclic) bond motifs is 1. The molecule has 0 bridgehead atoms. The van der Waals surface area contributed by atoms with Crippen molar-refractivity contribution in [2.45, 2.75) is 62.4 Å². The summed E-state index contributed by atoms with van der Waals surface area (Å²) in [5, 5.41) is 9.56. The van der Waals surface area contributed by atoms with Crippen LogP contribution in [-0.2, 0) is 14.6 Å². The lowest BCUT2D eigenvalue weighted by Gasteiger charge is -2.33. The fourth-order valence-electron chi connectivity index (χ4n) is 4.31. The Hall–Kier alpha value is -1.89. The predicted molar refractivity (Wildman–Crippen MR) is 96.7 cm³/mol. The van der Waals surface area contributed by atoms with Gasteiger partial charge in [-0.15, -0.1) is 0 Å². The molecule has 3 atom stereocenters. The SMILES string of the molecule is CCCS(=O)(=O)c1ccc(C(=O)N2[C@H](C(=O)O)C[C@H]3CCCC[C@@H]32)cc1. The number of carbonyl (C=O) groups excluding carboxylic acids is 1. The van der Waals surface area contributed by atoms with Gasteiger partial charge in [-0.2, -0.15) is 0 Å². The topological polar surface area (TPSA) is 91.8 Å². The second-order valence-electron chi connectivity index (χ2n) is 7.26. The highest BCUT2D eigenvalue weighted by Gasteiger charge is 2.47. The van der Waals surface area contributed by atoms with E-state index in [0.29, 0.717) is 18.4 Å². The highest BCUT2D eigenvalue weighted by Crippen LogP contribution is 2.40. The van der Waals surface area contributed by atoms with E-state index in [1.807, 2.05) is 0 Å². The summed E-state index contributed by atoms with van der Waals surface area (Å²) in [7, 11) is -3.33. The molecule has 142 valence electrons. The number of hydrogen-bond acceptors (Lipinski definition) is 4. The molecule has 1 aromatic carbocycles. The summed E-state index contributed by atoms with van der Waals surface area (Å²) in [6.07, 6.45) is 4.93. The van der Waals surface area contributed by atoms with Gasteiger partial charge in [-0.25, -0.2) is 13.2 Å². The number of likely N-dealkylation sites (tertiary alicyclic amines) is 1. The number of amides is 1. The first-order valence-corrected chi connectivity index (χ1v) is 10.9. The molecule has 1 heterocycles. The molecule has 26 heavy (non-hydrogen) atoms. The molecular weight excluding hydrogens is 354 g/mol. The normalized spacial score (nSPS) is 25.7. The van der Waals surface area contributed by atoms with E-state index in [1.165, 1.54) is 29.2 Å². The maximum absolute atomic E-state index is 13.0. The molecule has 1 aliphatic carbocycles. The number of aliphatic carboxylic acids is 1. The summed E-state index contributed by atoms with van der Waals surface area (Å²) < 4.78 is 24.3. The molecule has 0 unspecified atom stereocenters. The third-order valence-electron chi connectivity index (χ3n) is 5.54. The second kappa shape index (κ2) is 7.39. The summed E-state index contributed by atoms with van der Waals surface area (Å²) in [5.74, 6) is -0.962. The highest BCUT2D eigenvalue weighted by atomic mass is 32.2. The fraction of sp³-hybridized carbons (Fsp3) is 0.579. The Bertz CT molecular complexity index is 787. The van der Waals surface area contributed by atoms with Gasteiger partial charge in [0.2, 0.25) is 0 Å². The van der Waals surface area contributed by atoms with Gasteiger partial charge >= 0.3 is 5.97 Å². The smallest absolute Gasteiger partial charge is 0.326 e. The molecule has 2 aliphatic rings. The van der Waals surface area contributed by atoms with Gasteiger partial charge in [0.1, 0.15) is 6.04 Å². The van der Waals surface area contributed by atoms with E-state index in [1.54, 1.807) is 6.92 Å². The van der Waals surface area contributed by atoms with Crippen LogP contribution in [0.15, 0.2) is 29.2 Å². The third-order valence-corrected chi connectivity index (χ3v) is 7.48. The summed E-state index contributed by atoms with van der Waals surface area (Å²) in [4.78, 5) is 26.4. The van der Waals surface area contributed by atoms with Crippen molar-refractivity contribution < 1.29 is 23.1 Å². The lowest BCUT2D eigenvalue weighted by atomic mass is 9.84. The van der Waals surface area contributed by atoms with Gasteiger partial charge < -0.3 is 10.0 Å². The van der Waals surface area contributed by atoms with E-state index < -0.39 is 21.8 Å². The first-order valence-electron chi connectivity index (χ1n) is 9.23.